The van der Waals surface area contributed by atoms with E-state index < -0.39 is 5.54 Å². The molecule has 0 aliphatic rings. The van der Waals surface area contributed by atoms with Gasteiger partial charge in [-0.15, -0.1) is 0 Å². The number of nitrogens with zero attached hydrogens (tertiary/aromatic N) is 1. The molecule has 1 aromatic rings. The fraction of sp³-hybridized carbons (Fsp3) is 0.300. The topological polar surface area (TPSA) is 35.8 Å². The molecule has 3 heteroatoms. The van der Waals surface area contributed by atoms with Crippen molar-refractivity contribution in [2.24, 2.45) is 0 Å². The van der Waals surface area contributed by atoms with Crippen LogP contribution in [0.15, 0.2) is 28.7 Å². The highest BCUT2D eigenvalue weighted by Crippen LogP contribution is 2.17. The van der Waals surface area contributed by atoms with Crippen molar-refractivity contribution in [3.8, 4) is 6.07 Å². The quantitative estimate of drug-likeness (QED) is 0.860. The number of benzene rings is 1. The molecule has 1 N–H and O–H groups in total. The average molecular weight is 239 g/mol. The average Bonchev–Trinajstić information content (AvgIpc) is 2.09. The minimum atomic E-state index is -0.520. The second-order valence-corrected chi connectivity index (χ2v) is 4.28. The zero-order valence-electron chi connectivity index (χ0n) is 7.63. The molecular weight excluding hydrogens is 228 g/mol. The first-order chi connectivity index (χ1) is 6.03. The van der Waals surface area contributed by atoms with Gasteiger partial charge in [-0.05, 0) is 38.1 Å². The van der Waals surface area contributed by atoms with E-state index in [2.05, 4.69) is 27.3 Å². The van der Waals surface area contributed by atoms with Crippen LogP contribution in [0.1, 0.15) is 13.8 Å². The van der Waals surface area contributed by atoms with Crippen molar-refractivity contribution >= 4 is 21.6 Å². The standard InChI is InChI=1S/C10H11BrN2/c1-10(2,7-12)13-9-5-3-8(11)4-6-9/h3-6,13H,1-2H3. The second kappa shape index (κ2) is 3.80. The predicted octanol–water partition coefficient (Wildman–Crippen LogP) is 3.16. The summed E-state index contributed by atoms with van der Waals surface area (Å²) >= 11 is 3.35. The lowest BCUT2D eigenvalue weighted by molar-refractivity contribution is 0.729. The Morgan fingerprint density at radius 2 is 1.85 bits per heavy atom. The molecule has 13 heavy (non-hydrogen) atoms. The minimum absolute atomic E-state index is 0.520. The molecule has 0 saturated heterocycles. The van der Waals surface area contributed by atoms with Gasteiger partial charge in [-0.1, -0.05) is 15.9 Å². The van der Waals surface area contributed by atoms with Gasteiger partial charge in [-0.25, -0.2) is 0 Å². The summed E-state index contributed by atoms with van der Waals surface area (Å²) in [6, 6.07) is 9.93. The Balaban J connectivity index is 2.77. The zero-order valence-corrected chi connectivity index (χ0v) is 9.22. The van der Waals surface area contributed by atoms with Crippen LogP contribution in [0.2, 0.25) is 0 Å². The molecule has 0 aliphatic carbocycles. The molecule has 0 radical (unpaired) electrons. The monoisotopic (exact) mass is 238 g/mol. The molecule has 0 saturated carbocycles. The maximum Gasteiger partial charge on any atom is 0.119 e. The van der Waals surface area contributed by atoms with Crippen molar-refractivity contribution in [1.82, 2.24) is 0 Å². The molecule has 1 rings (SSSR count). The molecule has 2 nitrogen and oxygen atoms in total. The molecule has 0 aliphatic heterocycles. The largest absolute Gasteiger partial charge is 0.368 e. The van der Waals surface area contributed by atoms with Gasteiger partial charge in [0.1, 0.15) is 5.54 Å². The van der Waals surface area contributed by atoms with Crippen LogP contribution >= 0.6 is 15.9 Å². The van der Waals surface area contributed by atoms with Crippen LogP contribution in [0, 0.1) is 11.3 Å². The first kappa shape index (κ1) is 10.1. The zero-order chi connectivity index (χ0) is 9.90. The van der Waals surface area contributed by atoms with E-state index in [1.165, 1.54) is 0 Å². The van der Waals surface area contributed by atoms with E-state index >= 15 is 0 Å². The third kappa shape index (κ3) is 3.08. The van der Waals surface area contributed by atoms with Gasteiger partial charge in [-0.2, -0.15) is 5.26 Å². The van der Waals surface area contributed by atoms with Gasteiger partial charge in [0.2, 0.25) is 0 Å². The van der Waals surface area contributed by atoms with E-state index in [1.807, 2.05) is 38.1 Å². The Bertz CT molecular complexity index is 322. The van der Waals surface area contributed by atoms with Gasteiger partial charge in [0.15, 0.2) is 0 Å². The summed E-state index contributed by atoms with van der Waals surface area (Å²) in [4.78, 5) is 0. The van der Waals surface area contributed by atoms with Gasteiger partial charge < -0.3 is 5.32 Å². The number of halogens is 1. The summed E-state index contributed by atoms with van der Waals surface area (Å²) in [6.45, 7) is 3.68. The van der Waals surface area contributed by atoms with Gasteiger partial charge in [0.05, 0.1) is 6.07 Å². The van der Waals surface area contributed by atoms with E-state index in [-0.39, 0.29) is 0 Å². The lowest BCUT2D eigenvalue weighted by Crippen LogP contribution is -2.28. The smallest absolute Gasteiger partial charge is 0.119 e. The molecular formula is C10H11BrN2. The summed E-state index contributed by atoms with van der Waals surface area (Å²) in [5.41, 5.74) is 0.433. The Labute approximate surface area is 86.7 Å². The van der Waals surface area contributed by atoms with E-state index in [1.54, 1.807) is 0 Å². The maximum absolute atomic E-state index is 8.79. The third-order valence-electron chi connectivity index (χ3n) is 1.58. The number of anilines is 1. The summed E-state index contributed by atoms with van der Waals surface area (Å²) in [5, 5.41) is 11.9. The number of nitriles is 1. The molecule has 0 atom stereocenters. The van der Waals surface area contributed by atoms with Crippen LogP contribution in [-0.2, 0) is 0 Å². The highest BCUT2D eigenvalue weighted by Gasteiger charge is 2.14. The third-order valence-corrected chi connectivity index (χ3v) is 2.11. The second-order valence-electron chi connectivity index (χ2n) is 3.37. The highest BCUT2D eigenvalue weighted by molar-refractivity contribution is 9.10. The molecule has 0 aromatic heterocycles. The SMILES string of the molecule is CC(C)(C#N)Nc1ccc(Br)cc1. The van der Waals surface area contributed by atoms with Crippen molar-refractivity contribution in [2.75, 3.05) is 5.32 Å². The van der Waals surface area contributed by atoms with E-state index in [9.17, 15) is 0 Å². The summed E-state index contributed by atoms with van der Waals surface area (Å²) in [6.07, 6.45) is 0. The number of nitrogens with one attached hydrogen (secondary N) is 1. The van der Waals surface area contributed by atoms with Crippen LogP contribution in [0.4, 0.5) is 5.69 Å². The fourth-order valence-electron chi connectivity index (χ4n) is 0.922. The Kier molecular flexibility index (Phi) is 2.94. The normalized spacial score (nSPS) is 10.6. The van der Waals surface area contributed by atoms with Crippen LogP contribution in [0.25, 0.3) is 0 Å². The van der Waals surface area contributed by atoms with Crippen molar-refractivity contribution in [3.63, 3.8) is 0 Å². The summed E-state index contributed by atoms with van der Waals surface area (Å²) < 4.78 is 1.04. The molecule has 1 aromatic carbocycles. The first-order valence-corrected chi connectivity index (χ1v) is 4.78. The molecule has 0 unspecified atom stereocenters. The van der Waals surface area contributed by atoms with Crippen molar-refractivity contribution in [1.29, 1.82) is 5.26 Å². The highest BCUT2D eigenvalue weighted by atomic mass is 79.9. The van der Waals surface area contributed by atoms with Crippen molar-refractivity contribution in [3.05, 3.63) is 28.7 Å². The predicted molar refractivity (Wildman–Crippen MR) is 57.5 cm³/mol. The molecule has 0 amide bonds. The fourth-order valence-corrected chi connectivity index (χ4v) is 1.19. The van der Waals surface area contributed by atoms with E-state index in [0.29, 0.717) is 0 Å². The Morgan fingerprint density at radius 3 is 2.31 bits per heavy atom. The lowest BCUT2D eigenvalue weighted by Gasteiger charge is -2.18. The van der Waals surface area contributed by atoms with Gasteiger partial charge in [0, 0.05) is 10.2 Å². The van der Waals surface area contributed by atoms with Gasteiger partial charge in [0.25, 0.3) is 0 Å². The molecule has 0 spiro atoms. The molecule has 0 heterocycles. The van der Waals surface area contributed by atoms with Crippen LogP contribution < -0.4 is 5.32 Å². The maximum atomic E-state index is 8.79. The molecule has 0 fully saturated rings. The molecule has 0 bridgehead atoms. The first-order valence-electron chi connectivity index (χ1n) is 3.98. The number of rotatable bonds is 2. The Morgan fingerprint density at radius 1 is 1.31 bits per heavy atom. The van der Waals surface area contributed by atoms with E-state index in [4.69, 9.17) is 5.26 Å². The Hall–Kier alpha value is -1.01. The van der Waals surface area contributed by atoms with Crippen molar-refractivity contribution in [2.45, 2.75) is 19.4 Å². The number of hydrogen-bond donors (Lipinski definition) is 1. The molecule has 68 valence electrons. The lowest BCUT2D eigenvalue weighted by atomic mass is 10.1. The minimum Gasteiger partial charge on any atom is -0.368 e. The summed E-state index contributed by atoms with van der Waals surface area (Å²) in [7, 11) is 0. The van der Waals surface area contributed by atoms with Crippen LogP contribution in [0.3, 0.4) is 0 Å². The van der Waals surface area contributed by atoms with Crippen LogP contribution in [-0.4, -0.2) is 5.54 Å². The van der Waals surface area contributed by atoms with Crippen molar-refractivity contribution < 1.29 is 0 Å². The summed E-state index contributed by atoms with van der Waals surface area (Å²) in [5.74, 6) is 0. The number of hydrogen-bond acceptors (Lipinski definition) is 2. The van der Waals surface area contributed by atoms with Gasteiger partial charge in [-0.3, -0.25) is 0 Å². The van der Waals surface area contributed by atoms with Gasteiger partial charge >= 0.3 is 0 Å². The van der Waals surface area contributed by atoms with Crippen LogP contribution in [0.5, 0.6) is 0 Å². The van der Waals surface area contributed by atoms with E-state index in [0.717, 1.165) is 10.2 Å².